The normalized spacial score (nSPS) is 19.9. The smallest absolute Gasteiger partial charge is 0.410 e. The van der Waals surface area contributed by atoms with E-state index in [1.54, 1.807) is 11.1 Å². The van der Waals surface area contributed by atoms with Gasteiger partial charge in [0.25, 0.3) is 0 Å². The number of nitrogens with zero attached hydrogens (tertiary/aromatic N) is 2. The van der Waals surface area contributed by atoms with Crippen LogP contribution in [0, 0.1) is 5.92 Å². The molecule has 0 radical (unpaired) electrons. The Morgan fingerprint density at radius 3 is 2.19 bits per heavy atom. The van der Waals surface area contributed by atoms with Gasteiger partial charge in [-0.2, -0.15) is 0 Å². The molecule has 0 aromatic carbocycles. The lowest BCUT2D eigenvalue weighted by atomic mass is 9.99. The Kier molecular flexibility index (Phi) is 6.11. The first-order valence-electron chi connectivity index (χ1n) is 7.43. The Balaban J connectivity index is 2.42. The molecule has 1 aliphatic rings. The monoisotopic (exact) mass is 316 g/mol. The van der Waals surface area contributed by atoms with Crippen LogP contribution in [0.2, 0.25) is 0 Å². The summed E-state index contributed by atoms with van der Waals surface area (Å²) in [7, 11) is 0. The molecule has 0 aromatic rings. The van der Waals surface area contributed by atoms with E-state index in [0.29, 0.717) is 13.1 Å². The van der Waals surface area contributed by atoms with Crippen molar-refractivity contribution in [1.82, 2.24) is 4.90 Å². The predicted molar refractivity (Wildman–Crippen MR) is 86.9 cm³/mol. The van der Waals surface area contributed by atoms with Crippen LogP contribution < -0.4 is 0 Å². The maximum absolute atomic E-state index is 11.9. The van der Waals surface area contributed by atoms with E-state index in [1.807, 2.05) is 41.5 Å². The molecule has 5 nitrogen and oxygen atoms in total. The number of hydrogen-bond donors (Lipinski definition) is 0. The molecule has 1 aliphatic heterocycles. The Bertz CT molecular complexity index is 377. The zero-order valence-corrected chi connectivity index (χ0v) is 14.8. The molecular formula is C15H28N2O3S. The highest BCUT2D eigenvalue weighted by molar-refractivity contribution is 7.91. The average molecular weight is 316 g/mol. The SMILES string of the molecule is CC(C)(C)OC(=O)N1CCC(/C=N\[S+]([O-])C(C)(C)C)CC1. The lowest BCUT2D eigenvalue weighted by molar-refractivity contribution is 0.0203. The van der Waals surface area contributed by atoms with Crippen LogP contribution in [0.5, 0.6) is 0 Å². The molecule has 0 spiro atoms. The number of piperidine rings is 1. The van der Waals surface area contributed by atoms with Gasteiger partial charge in [0.1, 0.15) is 21.7 Å². The molecule has 1 rings (SSSR count). The topological polar surface area (TPSA) is 65.0 Å². The number of amides is 1. The number of likely N-dealkylation sites (tertiary alicyclic amines) is 1. The van der Waals surface area contributed by atoms with Crippen LogP contribution >= 0.6 is 0 Å². The minimum atomic E-state index is -1.21. The second-order valence-electron chi connectivity index (χ2n) is 7.42. The van der Waals surface area contributed by atoms with E-state index in [0.717, 1.165) is 12.8 Å². The summed E-state index contributed by atoms with van der Waals surface area (Å²) in [6, 6.07) is 0. The Morgan fingerprint density at radius 2 is 1.76 bits per heavy atom. The fourth-order valence-corrected chi connectivity index (χ4v) is 2.46. The molecule has 1 heterocycles. The van der Waals surface area contributed by atoms with Gasteiger partial charge in [-0.3, -0.25) is 0 Å². The van der Waals surface area contributed by atoms with Crippen LogP contribution in [0.25, 0.3) is 0 Å². The Hall–Kier alpha value is -0.750. The first-order chi connectivity index (χ1) is 9.49. The highest BCUT2D eigenvalue weighted by Gasteiger charge is 2.28. The molecule has 1 amide bonds. The molecular weight excluding hydrogens is 288 g/mol. The van der Waals surface area contributed by atoms with E-state index in [2.05, 4.69) is 4.40 Å². The summed E-state index contributed by atoms with van der Waals surface area (Å²) in [6.45, 7) is 12.6. The van der Waals surface area contributed by atoms with Crippen molar-refractivity contribution in [2.45, 2.75) is 64.7 Å². The van der Waals surface area contributed by atoms with Gasteiger partial charge >= 0.3 is 6.09 Å². The molecule has 0 aliphatic carbocycles. The second-order valence-corrected chi connectivity index (χ2v) is 9.35. The number of hydrogen-bond acceptors (Lipinski definition) is 4. The van der Waals surface area contributed by atoms with E-state index >= 15 is 0 Å². The van der Waals surface area contributed by atoms with Crippen molar-refractivity contribution in [3.05, 3.63) is 0 Å². The van der Waals surface area contributed by atoms with Gasteiger partial charge in [-0.25, -0.2) is 4.79 Å². The van der Waals surface area contributed by atoms with Gasteiger partial charge in [-0.1, -0.05) is 4.40 Å². The maximum atomic E-state index is 11.9. The fraction of sp³-hybridized carbons (Fsp3) is 0.867. The fourth-order valence-electron chi connectivity index (χ4n) is 1.86. The number of carbonyl (C=O) groups excluding carboxylic acids is 1. The molecule has 1 fully saturated rings. The highest BCUT2D eigenvalue weighted by Crippen LogP contribution is 2.21. The number of ether oxygens (including phenoxy) is 1. The van der Waals surface area contributed by atoms with Gasteiger partial charge in [-0.05, 0) is 54.4 Å². The third-order valence-electron chi connectivity index (χ3n) is 3.08. The Morgan fingerprint density at radius 1 is 1.24 bits per heavy atom. The first-order valence-corrected chi connectivity index (χ1v) is 8.54. The van der Waals surface area contributed by atoms with Crippen molar-refractivity contribution in [3.8, 4) is 0 Å². The molecule has 0 aromatic heterocycles. The van der Waals surface area contributed by atoms with Crippen LogP contribution in [-0.2, 0) is 16.1 Å². The Labute approximate surface area is 131 Å². The molecule has 21 heavy (non-hydrogen) atoms. The van der Waals surface area contributed by atoms with Crippen LogP contribution in [0.3, 0.4) is 0 Å². The van der Waals surface area contributed by atoms with Gasteiger partial charge in [0, 0.05) is 19.0 Å². The van der Waals surface area contributed by atoms with Gasteiger partial charge in [0.05, 0.1) is 6.21 Å². The largest absolute Gasteiger partial charge is 0.591 e. The van der Waals surface area contributed by atoms with Crippen molar-refractivity contribution in [2.75, 3.05) is 13.1 Å². The summed E-state index contributed by atoms with van der Waals surface area (Å²) in [4.78, 5) is 13.7. The van der Waals surface area contributed by atoms with Crippen LogP contribution in [0.15, 0.2) is 4.40 Å². The summed E-state index contributed by atoms with van der Waals surface area (Å²) in [5.74, 6) is 0.287. The van der Waals surface area contributed by atoms with Crippen molar-refractivity contribution < 1.29 is 14.1 Å². The maximum Gasteiger partial charge on any atom is 0.410 e. The molecule has 122 valence electrons. The summed E-state index contributed by atoms with van der Waals surface area (Å²) in [5.41, 5.74) is -0.459. The minimum Gasteiger partial charge on any atom is -0.591 e. The zero-order valence-electron chi connectivity index (χ0n) is 14.0. The van der Waals surface area contributed by atoms with Gasteiger partial charge in [-0.15, -0.1) is 0 Å². The molecule has 0 N–H and O–H groups in total. The molecule has 1 unspecified atom stereocenters. The molecule has 1 atom stereocenters. The van der Waals surface area contributed by atoms with E-state index < -0.39 is 17.0 Å². The second kappa shape index (κ2) is 7.01. The third kappa shape index (κ3) is 6.70. The van der Waals surface area contributed by atoms with Crippen LogP contribution in [0.4, 0.5) is 4.79 Å². The van der Waals surface area contributed by atoms with Crippen LogP contribution in [-0.4, -0.2) is 45.2 Å². The average Bonchev–Trinajstić information content (AvgIpc) is 2.33. The summed E-state index contributed by atoms with van der Waals surface area (Å²) in [6.07, 6.45) is 3.22. The standard InChI is InChI=1S/C15H28N2O3S/c1-14(2,3)20-13(18)17-9-7-12(8-10-17)11-16-21(19)15(4,5)6/h11-12H,7-10H2,1-6H3/b16-11-. The van der Waals surface area contributed by atoms with E-state index in [-0.39, 0.29) is 16.8 Å². The van der Waals surface area contributed by atoms with Crippen molar-refractivity contribution in [2.24, 2.45) is 10.3 Å². The van der Waals surface area contributed by atoms with E-state index in [9.17, 15) is 9.35 Å². The summed E-state index contributed by atoms with van der Waals surface area (Å²) < 4.78 is 21.1. The van der Waals surface area contributed by atoms with E-state index in [4.69, 9.17) is 4.74 Å². The quantitative estimate of drug-likeness (QED) is 0.580. The third-order valence-corrected chi connectivity index (χ3v) is 4.44. The van der Waals surface area contributed by atoms with Crippen LogP contribution in [0.1, 0.15) is 54.4 Å². The number of rotatable bonds is 2. The predicted octanol–water partition coefficient (Wildman–Crippen LogP) is 3.17. The van der Waals surface area contributed by atoms with Crippen molar-refractivity contribution in [1.29, 1.82) is 0 Å². The van der Waals surface area contributed by atoms with Gasteiger partial charge in [0.15, 0.2) is 0 Å². The minimum absolute atomic E-state index is 0.254. The zero-order chi connectivity index (χ0) is 16.3. The molecule has 6 heteroatoms. The van der Waals surface area contributed by atoms with E-state index in [1.165, 1.54) is 0 Å². The van der Waals surface area contributed by atoms with Gasteiger partial charge < -0.3 is 14.2 Å². The van der Waals surface area contributed by atoms with Crippen molar-refractivity contribution >= 4 is 23.7 Å². The lowest BCUT2D eigenvalue weighted by Crippen LogP contribution is -2.42. The summed E-state index contributed by atoms with van der Waals surface area (Å²) in [5, 5.41) is 0. The molecule has 0 bridgehead atoms. The molecule has 0 saturated carbocycles. The highest BCUT2D eigenvalue weighted by atomic mass is 32.2. The first kappa shape index (κ1) is 18.3. The van der Waals surface area contributed by atoms with Gasteiger partial charge in [0.2, 0.25) is 0 Å². The molecule has 1 saturated heterocycles. The summed E-state index contributed by atoms with van der Waals surface area (Å²) >= 11 is -1.21. The number of carbonyl (C=O) groups is 1. The lowest BCUT2D eigenvalue weighted by Gasteiger charge is -2.32. The van der Waals surface area contributed by atoms with Crippen molar-refractivity contribution in [3.63, 3.8) is 0 Å².